The molecule has 0 aliphatic heterocycles. The van der Waals surface area contributed by atoms with Crippen LogP contribution in [0.25, 0.3) is 12.2 Å². The van der Waals surface area contributed by atoms with Crippen molar-refractivity contribution in [3.63, 3.8) is 0 Å². The third kappa shape index (κ3) is 13.3. The number of ether oxygens (including phenoxy) is 1. The van der Waals surface area contributed by atoms with Crippen molar-refractivity contribution < 1.29 is 63.2 Å². The number of nitro benzene ring substituents is 4. The number of non-ortho nitro benzene ring substituents is 2. The molecule has 0 aliphatic rings. The van der Waals surface area contributed by atoms with E-state index in [-0.39, 0.29) is 11.1 Å². The standard InChI is InChI=1S/C41H40F2N6O16S2/c1-6-44(7-2)29-14-10-27(37(24-29)64-66(59,60)39-20-16-31(46(51)52)22-35(39)48(55)56)12-18-33(50)26-34(63-41(5,42)43)19-13-28-11-15-30(45(8-3)9-4)25-38(28)65-67(61,62)40-21-17-32(47(53)54)23-36(40)49(57)58/h10-26H,6-9H2,1-5H3/b18-12+,19-13+,34-26-. The minimum absolute atomic E-state index is 0.117. The predicted molar refractivity (Wildman–Crippen MR) is 238 cm³/mol. The van der Waals surface area contributed by atoms with Crippen molar-refractivity contribution in [2.45, 2.75) is 50.5 Å². The maximum Gasteiger partial charge on any atom is 0.394 e. The molecule has 4 aromatic rings. The van der Waals surface area contributed by atoms with Crippen LogP contribution in [0.3, 0.4) is 0 Å². The lowest BCUT2D eigenvalue weighted by molar-refractivity contribution is -0.396. The van der Waals surface area contributed by atoms with E-state index in [9.17, 15) is 70.9 Å². The molecule has 0 heterocycles. The van der Waals surface area contributed by atoms with Gasteiger partial charge in [-0.2, -0.15) is 25.6 Å². The zero-order valence-corrected chi connectivity index (χ0v) is 37.6. The summed E-state index contributed by atoms with van der Waals surface area (Å²) in [6.07, 6.45) is 0.387. The van der Waals surface area contributed by atoms with Gasteiger partial charge in [0.2, 0.25) is 0 Å². The Morgan fingerprint density at radius 3 is 1.34 bits per heavy atom. The number of hydrogen-bond donors (Lipinski definition) is 0. The number of benzene rings is 4. The van der Waals surface area contributed by atoms with Crippen LogP contribution < -0.4 is 18.2 Å². The van der Waals surface area contributed by atoms with Gasteiger partial charge in [-0.3, -0.25) is 45.3 Å². The molecule has 26 heteroatoms. The summed E-state index contributed by atoms with van der Waals surface area (Å²) in [5.74, 6) is -2.80. The van der Waals surface area contributed by atoms with Crippen LogP contribution in [0.2, 0.25) is 0 Å². The fraction of sp³-hybridized carbons (Fsp3) is 0.244. The lowest BCUT2D eigenvalue weighted by atomic mass is 10.1. The fourth-order valence-corrected chi connectivity index (χ4v) is 8.35. The van der Waals surface area contributed by atoms with Gasteiger partial charge in [0.05, 0.1) is 31.8 Å². The van der Waals surface area contributed by atoms with Crippen molar-refractivity contribution in [1.29, 1.82) is 0 Å². The number of ketones is 1. The number of allylic oxidation sites excluding steroid dienone is 3. The molecule has 0 saturated heterocycles. The SMILES string of the molecule is CCN(CC)c1ccc(/C=C/C(=O)/C=C(/C=C/c2ccc(N(CC)CC)cc2OS(=O)(=O)c2ccc([N+](=O)[O-])cc2[N+](=O)[O-])OC(C)(F)F)c(OS(=O)(=O)c2ccc([N+](=O)[O-])cc2[N+](=O)[O-])c1. The molecule has 0 fully saturated rings. The molecule has 0 unspecified atom stereocenters. The second-order valence-electron chi connectivity index (χ2n) is 13.7. The quantitative estimate of drug-likeness (QED) is 0.0168. The van der Waals surface area contributed by atoms with Crippen LogP contribution in [0.4, 0.5) is 42.9 Å². The number of nitrogens with zero attached hydrogens (tertiary/aromatic N) is 6. The molecule has 0 aliphatic carbocycles. The third-order valence-corrected chi connectivity index (χ3v) is 11.9. The van der Waals surface area contributed by atoms with E-state index in [0.717, 1.165) is 30.4 Å². The largest absolute Gasteiger partial charge is 0.433 e. The predicted octanol–water partition coefficient (Wildman–Crippen LogP) is 8.36. The van der Waals surface area contributed by atoms with Gasteiger partial charge in [0.15, 0.2) is 27.1 Å². The fourth-order valence-electron chi connectivity index (χ4n) is 6.16. The zero-order valence-electron chi connectivity index (χ0n) is 35.9. The number of hydrogen-bond acceptors (Lipinski definition) is 18. The van der Waals surface area contributed by atoms with Crippen molar-refractivity contribution in [3.05, 3.63) is 148 Å². The van der Waals surface area contributed by atoms with Crippen LogP contribution in [0, 0.1) is 40.5 Å². The lowest BCUT2D eigenvalue weighted by Gasteiger charge is -2.22. The van der Waals surface area contributed by atoms with Gasteiger partial charge in [0.25, 0.3) is 22.7 Å². The maximum absolute atomic E-state index is 14.4. The Kier molecular flexibility index (Phi) is 16.5. The molecule has 0 bridgehead atoms. The van der Waals surface area contributed by atoms with Gasteiger partial charge in [0.1, 0.15) is 5.76 Å². The third-order valence-electron chi connectivity index (χ3n) is 9.33. The first kappa shape index (κ1) is 51.8. The molecule has 0 amide bonds. The van der Waals surface area contributed by atoms with Gasteiger partial charge in [0, 0.05) is 85.9 Å². The summed E-state index contributed by atoms with van der Waals surface area (Å²) in [7, 11) is -10.2. The van der Waals surface area contributed by atoms with Crippen molar-refractivity contribution in [3.8, 4) is 11.5 Å². The van der Waals surface area contributed by atoms with Crippen molar-refractivity contribution in [2.75, 3.05) is 36.0 Å². The highest BCUT2D eigenvalue weighted by Crippen LogP contribution is 2.36. The molecule has 0 aromatic heterocycles. The first-order valence-corrected chi connectivity index (χ1v) is 22.4. The van der Waals surface area contributed by atoms with E-state index in [1.54, 1.807) is 37.5 Å². The summed E-state index contributed by atoms with van der Waals surface area (Å²) < 4.78 is 98.3. The molecule has 22 nitrogen and oxygen atoms in total. The molecule has 0 N–H and O–H groups in total. The number of carbonyl (C=O) groups is 1. The summed E-state index contributed by atoms with van der Waals surface area (Å²) in [4.78, 5) is 56.7. The molecule has 4 aromatic carbocycles. The van der Waals surface area contributed by atoms with Crippen molar-refractivity contribution in [1.82, 2.24) is 0 Å². The molecule has 4 rings (SSSR count). The number of alkyl halides is 2. The minimum atomic E-state index is -5.13. The van der Waals surface area contributed by atoms with Gasteiger partial charge in [-0.05, 0) is 88.4 Å². The average molecular weight is 975 g/mol. The Labute approximate surface area is 380 Å². The first-order valence-electron chi connectivity index (χ1n) is 19.6. The number of nitro groups is 4. The Morgan fingerprint density at radius 1 is 0.612 bits per heavy atom. The minimum Gasteiger partial charge on any atom is -0.433 e. The highest BCUT2D eigenvalue weighted by atomic mass is 32.2. The molecule has 0 radical (unpaired) electrons. The van der Waals surface area contributed by atoms with Gasteiger partial charge in [-0.15, -0.1) is 0 Å². The molecule has 356 valence electrons. The van der Waals surface area contributed by atoms with Crippen molar-refractivity contribution >= 4 is 72.3 Å². The van der Waals surface area contributed by atoms with Gasteiger partial charge in [-0.1, -0.05) is 0 Å². The average Bonchev–Trinajstić information content (AvgIpc) is 3.25. The van der Waals surface area contributed by atoms with E-state index in [2.05, 4.69) is 0 Å². The smallest absolute Gasteiger partial charge is 0.394 e. The molecular formula is C41H40F2N6O16S2. The van der Waals surface area contributed by atoms with Crippen LogP contribution in [-0.4, -0.2) is 74.6 Å². The summed E-state index contributed by atoms with van der Waals surface area (Å²) in [5, 5.41) is 46.1. The Morgan fingerprint density at radius 2 is 1.00 bits per heavy atom. The molecule has 67 heavy (non-hydrogen) atoms. The van der Waals surface area contributed by atoms with Crippen LogP contribution in [0.5, 0.6) is 11.5 Å². The summed E-state index contributed by atoms with van der Waals surface area (Å²) in [6.45, 7) is 9.20. The first-order chi connectivity index (χ1) is 31.3. The normalized spacial score (nSPS) is 12.2. The van der Waals surface area contributed by atoms with Crippen LogP contribution in [0.1, 0.15) is 45.7 Å². The number of anilines is 2. The van der Waals surface area contributed by atoms with Crippen LogP contribution in [0.15, 0.2) is 107 Å². The van der Waals surface area contributed by atoms with E-state index >= 15 is 0 Å². The van der Waals surface area contributed by atoms with E-state index in [1.165, 1.54) is 36.4 Å². The van der Waals surface area contributed by atoms with Crippen molar-refractivity contribution in [2.24, 2.45) is 0 Å². The molecule has 0 saturated carbocycles. The van der Waals surface area contributed by atoms with Gasteiger partial charge >= 0.3 is 26.3 Å². The maximum atomic E-state index is 14.4. The monoisotopic (exact) mass is 974 g/mol. The molecule has 0 atom stereocenters. The second-order valence-corrected chi connectivity index (χ2v) is 16.8. The Hall–Kier alpha value is -7.87. The van der Waals surface area contributed by atoms with E-state index in [4.69, 9.17) is 13.1 Å². The molecular weight excluding hydrogens is 935 g/mol. The topological polar surface area (TPSA) is 292 Å². The number of halogens is 2. The van der Waals surface area contributed by atoms with E-state index in [1.807, 2.05) is 0 Å². The molecule has 0 spiro atoms. The van der Waals surface area contributed by atoms with E-state index in [0.29, 0.717) is 80.9 Å². The summed E-state index contributed by atoms with van der Waals surface area (Å²) in [5.41, 5.74) is -3.34. The van der Waals surface area contributed by atoms with Gasteiger partial charge in [-0.25, -0.2) is 0 Å². The lowest BCUT2D eigenvalue weighted by Crippen LogP contribution is -2.22. The number of carbonyl (C=O) groups excluding carboxylic acids is 1. The summed E-state index contributed by atoms with van der Waals surface area (Å²) in [6, 6.07) is 11.7. The number of rotatable bonds is 23. The Balaban J connectivity index is 1.79. The second kappa shape index (κ2) is 21.4. The van der Waals surface area contributed by atoms with Crippen LogP contribution in [-0.2, 0) is 29.8 Å². The highest BCUT2D eigenvalue weighted by Gasteiger charge is 2.33. The zero-order chi connectivity index (χ0) is 50.0. The van der Waals surface area contributed by atoms with E-state index < -0.39 is 102 Å². The Bertz CT molecular complexity index is 2910. The van der Waals surface area contributed by atoms with Gasteiger partial charge < -0.3 is 22.9 Å². The highest BCUT2D eigenvalue weighted by molar-refractivity contribution is 7.87. The summed E-state index contributed by atoms with van der Waals surface area (Å²) >= 11 is 0. The van der Waals surface area contributed by atoms with Crippen LogP contribution >= 0.6 is 0 Å².